The summed E-state index contributed by atoms with van der Waals surface area (Å²) >= 11 is 0. The smallest absolute Gasteiger partial charge is 0.246 e. The van der Waals surface area contributed by atoms with Gasteiger partial charge in [-0.25, -0.2) is 4.98 Å². The Morgan fingerprint density at radius 1 is 1.28 bits per heavy atom. The maximum atomic E-state index is 12.5. The molecule has 1 aliphatic rings. The first-order valence-corrected chi connectivity index (χ1v) is 9.44. The van der Waals surface area contributed by atoms with Gasteiger partial charge in [-0.15, -0.1) is 0 Å². The number of nitrogens with zero attached hydrogens (tertiary/aromatic N) is 3. The standard InChI is InChI=1S/C22H23N5O2/c1-26-13-18-9-15(11-24-22(18)25-20(28)14-26)4-6-21(29)27(2)12-16-3-5-17-7-8-23-19(17)10-16/h3-11,23H,12-14H2,1-2H3,(H,24,25,28). The lowest BCUT2D eigenvalue weighted by atomic mass is 10.1. The van der Waals surface area contributed by atoms with Gasteiger partial charge in [-0.3, -0.25) is 14.5 Å². The Morgan fingerprint density at radius 2 is 2.14 bits per heavy atom. The number of aromatic nitrogens is 2. The molecule has 0 aliphatic carbocycles. The molecule has 1 aliphatic heterocycles. The predicted molar refractivity (Wildman–Crippen MR) is 113 cm³/mol. The highest BCUT2D eigenvalue weighted by Gasteiger charge is 2.17. The summed E-state index contributed by atoms with van der Waals surface area (Å²) in [7, 11) is 3.67. The molecule has 148 valence electrons. The Balaban J connectivity index is 1.44. The SMILES string of the molecule is CN1CC(=O)Nc2ncc(C=CC(=O)N(C)Cc3ccc4cc[nH]c4c3)cc2C1. The van der Waals surface area contributed by atoms with Crippen molar-refractivity contribution in [3.8, 4) is 0 Å². The van der Waals surface area contributed by atoms with E-state index in [0.29, 0.717) is 25.5 Å². The van der Waals surface area contributed by atoms with Crippen LogP contribution >= 0.6 is 0 Å². The van der Waals surface area contributed by atoms with E-state index < -0.39 is 0 Å². The Kier molecular flexibility index (Phi) is 5.14. The lowest BCUT2D eigenvalue weighted by Gasteiger charge is -2.15. The highest BCUT2D eigenvalue weighted by Crippen LogP contribution is 2.20. The normalized spacial score (nSPS) is 14.6. The van der Waals surface area contributed by atoms with Crippen molar-refractivity contribution in [3.63, 3.8) is 0 Å². The van der Waals surface area contributed by atoms with Gasteiger partial charge < -0.3 is 15.2 Å². The predicted octanol–water partition coefficient (Wildman–Crippen LogP) is 2.62. The minimum Gasteiger partial charge on any atom is -0.361 e. The average molecular weight is 389 g/mol. The van der Waals surface area contributed by atoms with Gasteiger partial charge in [-0.05, 0) is 47.8 Å². The van der Waals surface area contributed by atoms with Gasteiger partial charge in [0.15, 0.2) is 0 Å². The third kappa shape index (κ3) is 4.35. The zero-order chi connectivity index (χ0) is 20.4. The van der Waals surface area contributed by atoms with Gasteiger partial charge in [0.2, 0.25) is 11.8 Å². The molecule has 0 saturated heterocycles. The molecule has 7 nitrogen and oxygen atoms in total. The van der Waals surface area contributed by atoms with E-state index in [4.69, 9.17) is 0 Å². The van der Waals surface area contributed by atoms with E-state index in [0.717, 1.165) is 27.6 Å². The molecule has 3 heterocycles. The fourth-order valence-corrected chi connectivity index (χ4v) is 3.46. The Bertz CT molecular complexity index is 1100. The molecule has 0 fully saturated rings. The summed E-state index contributed by atoms with van der Waals surface area (Å²) in [5, 5.41) is 3.96. The number of aromatic amines is 1. The molecular weight excluding hydrogens is 366 g/mol. The van der Waals surface area contributed by atoms with Crippen molar-refractivity contribution in [2.45, 2.75) is 13.1 Å². The zero-order valence-corrected chi connectivity index (χ0v) is 16.5. The molecule has 0 spiro atoms. The van der Waals surface area contributed by atoms with Gasteiger partial charge in [-0.2, -0.15) is 0 Å². The molecule has 1 aromatic carbocycles. The van der Waals surface area contributed by atoms with Crippen LogP contribution in [-0.2, 0) is 22.7 Å². The Morgan fingerprint density at radius 3 is 3.00 bits per heavy atom. The van der Waals surface area contributed by atoms with Crippen LogP contribution in [0.1, 0.15) is 16.7 Å². The molecule has 2 N–H and O–H groups in total. The molecule has 2 amide bonds. The van der Waals surface area contributed by atoms with E-state index in [1.54, 1.807) is 30.3 Å². The third-order valence-electron chi connectivity index (χ3n) is 4.93. The number of hydrogen-bond acceptors (Lipinski definition) is 4. The van der Waals surface area contributed by atoms with Gasteiger partial charge in [-0.1, -0.05) is 12.1 Å². The first-order chi connectivity index (χ1) is 14.0. The number of anilines is 1. The number of carbonyl (C=O) groups excluding carboxylic acids is 2. The monoisotopic (exact) mass is 389 g/mol. The van der Waals surface area contributed by atoms with Gasteiger partial charge in [0.25, 0.3) is 0 Å². The van der Waals surface area contributed by atoms with Crippen LogP contribution in [0.25, 0.3) is 17.0 Å². The number of amides is 2. The third-order valence-corrected chi connectivity index (χ3v) is 4.93. The first-order valence-electron chi connectivity index (χ1n) is 9.44. The van der Waals surface area contributed by atoms with Crippen LogP contribution in [0.4, 0.5) is 5.82 Å². The summed E-state index contributed by atoms with van der Waals surface area (Å²) in [4.78, 5) is 35.4. The van der Waals surface area contributed by atoms with Gasteiger partial charge in [0, 0.05) is 49.7 Å². The molecule has 0 atom stereocenters. The molecule has 4 rings (SSSR count). The number of rotatable bonds is 4. The van der Waals surface area contributed by atoms with Crippen molar-refractivity contribution >= 4 is 34.6 Å². The lowest BCUT2D eigenvalue weighted by Crippen LogP contribution is -2.26. The van der Waals surface area contributed by atoms with Crippen LogP contribution in [0, 0.1) is 0 Å². The fourth-order valence-electron chi connectivity index (χ4n) is 3.46. The molecule has 0 saturated carbocycles. The van der Waals surface area contributed by atoms with Crippen molar-refractivity contribution in [1.82, 2.24) is 19.8 Å². The number of likely N-dealkylation sites (N-methyl/N-ethyl adjacent to an activating group) is 2. The summed E-state index contributed by atoms with van der Waals surface area (Å²) < 4.78 is 0. The molecule has 0 unspecified atom stereocenters. The minimum atomic E-state index is -0.0862. The summed E-state index contributed by atoms with van der Waals surface area (Å²) in [6, 6.07) is 10.1. The topological polar surface area (TPSA) is 81.3 Å². The molecular formula is C22H23N5O2. The summed E-state index contributed by atoms with van der Waals surface area (Å²) in [5.74, 6) is 0.424. The molecule has 3 aromatic rings. The molecule has 2 aromatic heterocycles. The second-order valence-corrected chi connectivity index (χ2v) is 7.42. The van der Waals surface area contributed by atoms with Crippen LogP contribution in [-0.4, -0.2) is 52.2 Å². The van der Waals surface area contributed by atoms with Crippen LogP contribution in [0.5, 0.6) is 0 Å². The minimum absolute atomic E-state index is 0.0728. The van der Waals surface area contributed by atoms with Crippen LogP contribution in [0.3, 0.4) is 0 Å². The van der Waals surface area contributed by atoms with Crippen molar-refractivity contribution in [3.05, 3.63) is 65.5 Å². The van der Waals surface area contributed by atoms with E-state index >= 15 is 0 Å². The fraction of sp³-hybridized carbons (Fsp3) is 0.227. The van der Waals surface area contributed by atoms with Gasteiger partial charge in [0.05, 0.1) is 6.54 Å². The quantitative estimate of drug-likeness (QED) is 0.672. The van der Waals surface area contributed by atoms with Crippen molar-refractivity contribution in [2.24, 2.45) is 0 Å². The Hall–Kier alpha value is -3.45. The number of carbonyl (C=O) groups is 2. The second kappa shape index (κ2) is 7.89. The van der Waals surface area contributed by atoms with E-state index in [9.17, 15) is 9.59 Å². The summed E-state index contributed by atoms with van der Waals surface area (Å²) in [5.41, 5.74) is 3.88. The van der Waals surface area contributed by atoms with Gasteiger partial charge >= 0.3 is 0 Å². The zero-order valence-electron chi connectivity index (χ0n) is 16.5. The highest BCUT2D eigenvalue weighted by atomic mass is 16.2. The molecule has 0 bridgehead atoms. The first kappa shape index (κ1) is 18.9. The number of nitrogens with one attached hydrogen (secondary N) is 2. The van der Waals surface area contributed by atoms with Gasteiger partial charge in [0.1, 0.15) is 5.82 Å². The van der Waals surface area contributed by atoms with Crippen molar-refractivity contribution in [1.29, 1.82) is 0 Å². The van der Waals surface area contributed by atoms with Crippen molar-refractivity contribution in [2.75, 3.05) is 26.0 Å². The summed E-state index contributed by atoms with van der Waals surface area (Å²) in [6.07, 6.45) is 6.87. The van der Waals surface area contributed by atoms with E-state index in [1.165, 1.54) is 0 Å². The summed E-state index contributed by atoms with van der Waals surface area (Å²) in [6.45, 7) is 1.48. The largest absolute Gasteiger partial charge is 0.361 e. The maximum absolute atomic E-state index is 12.5. The van der Waals surface area contributed by atoms with Crippen LogP contribution < -0.4 is 5.32 Å². The molecule has 0 radical (unpaired) electrons. The maximum Gasteiger partial charge on any atom is 0.246 e. The number of pyridine rings is 1. The number of benzene rings is 1. The van der Waals surface area contributed by atoms with E-state index in [2.05, 4.69) is 21.4 Å². The van der Waals surface area contributed by atoms with Crippen LogP contribution in [0.15, 0.2) is 48.8 Å². The van der Waals surface area contributed by atoms with E-state index in [-0.39, 0.29) is 11.8 Å². The number of H-pyrrole nitrogens is 1. The second-order valence-electron chi connectivity index (χ2n) is 7.42. The number of hydrogen-bond donors (Lipinski definition) is 2. The lowest BCUT2D eigenvalue weighted by molar-refractivity contribution is -0.125. The van der Waals surface area contributed by atoms with Crippen LogP contribution in [0.2, 0.25) is 0 Å². The molecule has 29 heavy (non-hydrogen) atoms. The van der Waals surface area contributed by atoms with Crippen molar-refractivity contribution < 1.29 is 9.59 Å². The molecule has 7 heteroatoms. The number of fused-ring (bicyclic) bond motifs is 2. The van der Waals surface area contributed by atoms with E-state index in [1.807, 2.05) is 42.4 Å². The highest BCUT2D eigenvalue weighted by molar-refractivity contribution is 5.93. The Labute approximate surface area is 169 Å². The average Bonchev–Trinajstić information content (AvgIpc) is 3.09.